The van der Waals surface area contributed by atoms with Crippen molar-refractivity contribution in [3.05, 3.63) is 42.7 Å². The van der Waals surface area contributed by atoms with Crippen LogP contribution in [0.25, 0.3) is 5.69 Å². The number of carbonyl (C=O) groups is 1. The minimum absolute atomic E-state index is 0.0715. The predicted molar refractivity (Wildman–Crippen MR) is 82.9 cm³/mol. The number of benzene rings is 1. The lowest BCUT2D eigenvalue weighted by Crippen LogP contribution is -2.46. The maximum Gasteiger partial charge on any atom is 0.393 e. The highest BCUT2D eigenvalue weighted by atomic mass is 19.4. The number of alkyl halides is 3. The van der Waals surface area contributed by atoms with Crippen LogP contribution in [0.5, 0.6) is 0 Å². The number of amides is 2. The van der Waals surface area contributed by atoms with Gasteiger partial charge in [-0.2, -0.15) is 18.3 Å². The van der Waals surface area contributed by atoms with Gasteiger partial charge < -0.3 is 10.2 Å². The van der Waals surface area contributed by atoms with Crippen molar-refractivity contribution in [1.29, 1.82) is 0 Å². The summed E-state index contributed by atoms with van der Waals surface area (Å²) in [5.74, 6) is -1.45. The second-order valence-corrected chi connectivity index (χ2v) is 5.76. The highest BCUT2D eigenvalue weighted by Crippen LogP contribution is 2.33. The van der Waals surface area contributed by atoms with Crippen molar-refractivity contribution in [2.24, 2.45) is 5.92 Å². The van der Waals surface area contributed by atoms with E-state index >= 15 is 0 Å². The summed E-state index contributed by atoms with van der Waals surface area (Å²) in [6.07, 6.45) is -0.443. The molecule has 0 aliphatic carbocycles. The zero-order valence-corrected chi connectivity index (χ0v) is 12.8. The number of likely N-dealkylation sites (tertiary alicyclic amines) is 1. The molecule has 1 saturated heterocycles. The molecule has 0 spiro atoms. The van der Waals surface area contributed by atoms with Gasteiger partial charge in [0.05, 0.1) is 11.6 Å². The van der Waals surface area contributed by atoms with E-state index in [9.17, 15) is 18.0 Å². The van der Waals surface area contributed by atoms with E-state index in [-0.39, 0.29) is 13.0 Å². The molecular weight excluding hydrogens is 321 g/mol. The van der Waals surface area contributed by atoms with Crippen molar-refractivity contribution in [3.8, 4) is 5.69 Å². The Morgan fingerprint density at radius 3 is 2.83 bits per heavy atom. The number of nitrogens with one attached hydrogen (secondary N) is 1. The Morgan fingerprint density at radius 1 is 1.29 bits per heavy atom. The van der Waals surface area contributed by atoms with Crippen LogP contribution in [0.3, 0.4) is 0 Å². The molecule has 0 saturated carbocycles. The largest absolute Gasteiger partial charge is 0.393 e. The second kappa shape index (κ2) is 6.54. The van der Waals surface area contributed by atoms with Crippen LogP contribution in [0.4, 0.5) is 23.7 Å². The molecule has 5 nitrogen and oxygen atoms in total. The Labute approximate surface area is 137 Å². The van der Waals surface area contributed by atoms with E-state index in [0.717, 1.165) is 5.69 Å². The van der Waals surface area contributed by atoms with Gasteiger partial charge in [0.25, 0.3) is 0 Å². The number of urea groups is 1. The average Bonchev–Trinajstić information content (AvgIpc) is 3.09. The summed E-state index contributed by atoms with van der Waals surface area (Å²) in [7, 11) is 0. The highest BCUT2D eigenvalue weighted by Gasteiger charge is 2.42. The van der Waals surface area contributed by atoms with E-state index in [1.165, 1.54) is 4.90 Å². The first kappa shape index (κ1) is 16.4. The van der Waals surface area contributed by atoms with Gasteiger partial charge in [0, 0.05) is 31.2 Å². The normalized spacial score (nSPS) is 18.5. The lowest BCUT2D eigenvalue weighted by Gasteiger charge is -2.33. The van der Waals surface area contributed by atoms with E-state index in [4.69, 9.17) is 0 Å². The summed E-state index contributed by atoms with van der Waals surface area (Å²) < 4.78 is 40.2. The molecule has 2 heterocycles. The molecular formula is C16H17F3N4O. The molecule has 1 fully saturated rings. The lowest BCUT2D eigenvalue weighted by molar-refractivity contribution is -0.183. The van der Waals surface area contributed by atoms with Crippen LogP contribution in [0.2, 0.25) is 0 Å². The summed E-state index contributed by atoms with van der Waals surface area (Å²) in [4.78, 5) is 13.5. The maximum atomic E-state index is 12.8. The van der Waals surface area contributed by atoms with E-state index in [0.29, 0.717) is 18.7 Å². The molecule has 0 bridgehead atoms. The van der Waals surface area contributed by atoms with Gasteiger partial charge in [-0.3, -0.25) is 0 Å². The number of halogens is 3. The molecule has 3 rings (SSSR count). The Kier molecular flexibility index (Phi) is 4.46. The predicted octanol–water partition coefficient (Wildman–Crippen LogP) is 3.68. The van der Waals surface area contributed by atoms with Gasteiger partial charge in [-0.1, -0.05) is 6.07 Å². The maximum absolute atomic E-state index is 12.8. The van der Waals surface area contributed by atoms with Crippen molar-refractivity contribution in [3.63, 3.8) is 0 Å². The molecule has 0 radical (unpaired) electrons. The van der Waals surface area contributed by atoms with Gasteiger partial charge in [-0.05, 0) is 37.1 Å². The quantitative estimate of drug-likeness (QED) is 0.908. The minimum Gasteiger partial charge on any atom is -0.324 e. The van der Waals surface area contributed by atoms with Crippen LogP contribution in [-0.2, 0) is 0 Å². The van der Waals surface area contributed by atoms with Gasteiger partial charge in [-0.25, -0.2) is 9.48 Å². The molecule has 1 aromatic heterocycles. The first-order valence-electron chi connectivity index (χ1n) is 7.66. The second-order valence-electron chi connectivity index (χ2n) is 5.76. The number of nitrogens with zero attached hydrogens (tertiary/aromatic N) is 3. The zero-order chi connectivity index (χ0) is 17.2. The first-order chi connectivity index (χ1) is 11.4. The van der Waals surface area contributed by atoms with Gasteiger partial charge >= 0.3 is 12.2 Å². The average molecular weight is 338 g/mol. The SMILES string of the molecule is O=C(Nc1cccc(-n2cccn2)c1)N1CCC[C@H](C(F)(F)F)C1. The van der Waals surface area contributed by atoms with Crippen LogP contribution >= 0.6 is 0 Å². The van der Waals surface area contributed by atoms with E-state index in [1.807, 2.05) is 6.07 Å². The Balaban J connectivity index is 1.68. The Bertz CT molecular complexity index is 700. The highest BCUT2D eigenvalue weighted by molar-refractivity contribution is 5.89. The smallest absolute Gasteiger partial charge is 0.324 e. The number of hydrogen-bond donors (Lipinski definition) is 1. The number of rotatable bonds is 2. The van der Waals surface area contributed by atoms with E-state index in [1.54, 1.807) is 41.3 Å². The van der Waals surface area contributed by atoms with Crippen LogP contribution in [0.15, 0.2) is 42.7 Å². The summed E-state index contributed by atoms with van der Waals surface area (Å²) in [6, 6.07) is 8.24. The number of carbonyl (C=O) groups excluding carboxylic acids is 1. The molecule has 0 unspecified atom stereocenters. The molecule has 1 atom stereocenters. The summed E-state index contributed by atoms with van der Waals surface area (Å²) in [6.45, 7) is 0.0332. The standard InChI is InChI=1S/C16H17F3N4O/c17-16(18,19)12-4-2-8-22(11-12)15(24)21-13-5-1-6-14(10-13)23-9-3-7-20-23/h1,3,5-7,9-10,12H,2,4,8,11H2,(H,21,24)/t12-/m0/s1. The molecule has 1 aliphatic rings. The van der Waals surface area contributed by atoms with E-state index in [2.05, 4.69) is 10.4 Å². The monoisotopic (exact) mass is 338 g/mol. The van der Waals surface area contributed by atoms with Crippen LogP contribution < -0.4 is 5.32 Å². The molecule has 128 valence electrons. The minimum atomic E-state index is -4.26. The van der Waals surface area contributed by atoms with Crippen LogP contribution in [-0.4, -0.2) is 40.0 Å². The van der Waals surface area contributed by atoms with Gasteiger partial charge in [0.15, 0.2) is 0 Å². The van der Waals surface area contributed by atoms with Crippen molar-refractivity contribution < 1.29 is 18.0 Å². The van der Waals surface area contributed by atoms with Gasteiger partial charge in [0.2, 0.25) is 0 Å². The van der Waals surface area contributed by atoms with Crippen LogP contribution in [0, 0.1) is 5.92 Å². The fraction of sp³-hybridized carbons (Fsp3) is 0.375. The first-order valence-corrected chi connectivity index (χ1v) is 7.66. The Hall–Kier alpha value is -2.51. The number of piperidine rings is 1. The van der Waals surface area contributed by atoms with Gasteiger partial charge in [-0.15, -0.1) is 0 Å². The lowest BCUT2D eigenvalue weighted by atomic mass is 9.98. The summed E-state index contributed by atoms with van der Waals surface area (Å²) >= 11 is 0. The number of aromatic nitrogens is 2. The zero-order valence-electron chi connectivity index (χ0n) is 12.8. The molecule has 1 aromatic carbocycles. The molecule has 2 amide bonds. The summed E-state index contributed by atoms with van der Waals surface area (Å²) in [5.41, 5.74) is 1.27. The fourth-order valence-electron chi connectivity index (χ4n) is 2.78. The van der Waals surface area contributed by atoms with Crippen molar-refractivity contribution >= 4 is 11.7 Å². The van der Waals surface area contributed by atoms with Gasteiger partial charge in [0.1, 0.15) is 0 Å². The third-order valence-electron chi connectivity index (χ3n) is 4.04. The third kappa shape index (κ3) is 3.69. The molecule has 8 heteroatoms. The molecule has 24 heavy (non-hydrogen) atoms. The van der Waals surface area contributed by atoms with Crippen LogP contribution in [0.1, 0.15) is 12.8 Å². The fourth-order valence-corrected chi connectivity index (χ4v) is 2.78. The number of anilines is 1. The van der Waals surface area contributed by atoms with E-state index < -0.39 is 18.1 Å². The Morgan fingerprint density at radius 2 is 2.12 bits per heavy atom. The summed E-state index contributed by atoms with van der Waals surface area (Å²) in [5, 5.41) is 6.77. The van der Waals surface area contributed by atoms with Crippen molar-refractivity contribution in [1.82, 2.24) is 14.7 Å². The number of hydrogen-bond acceptors (Lipinski definition) is 2. The molecule has 2 aromatic rings. The van der Waals surface area contributed by atoms with Crippen molar-refractivity contribution in [2.75, 3.05) is 18.4 Å². The molecule has 1 aliphatic heterocycles. The topological polar surface area (TPSA) is 50.2 Å². The van der Waals surface area contributed by atoms with Crippen molar-refractivity contribution in [2.45, 2.75) is 19.0 Å². The third-order valence-corrected chi connectivity index (χ3v) is 4.04. The molecule has 1 N–H and O–H groups in total.